The van der Waals surface area contributed by atoms with Crippen LogP contribution in [0.2, 0.25) is 0 Å². The molecule has 17 heavy (non-hydrogen) atoms. The highest BCUT2D eigenvalue weighted by Gasteiger charge is 2.48. The van der Waals surface area contributed by atoms with Crippen LogP contribution in [-0.2, 0) is 14.3 Å². The molecule has 0 aromatic rings. The summed E-state index contributed by atoms with van der Waals surface area (Å²) in [7, 11) is 0. The SMILES string of the molecule is CC(C)(C)OC(=O)[C@H]1CN1C(=O)OC(C)(C)C. The third-order valence-electron chi connectivity index (χ3n) is 1.92. The van der Waals surface area contributed by atoms with Crippen LogP contribution in [0.4, 0.5) is 4.79 Å². The molecule has 1 saturated heterocycles. The van der Waals surface area contributed by atoms with Crippen LogP contribution in [0.3, 0.4) is 0 Å². The lowest BCUT2D eigenvalue weighted by Gasteiger charge is -2.21. The zero-order valence-electron chi connectivity index (χ0n) is 11.4. The zero-order valence-corrected chi connectivity index (χ0v) is 11.4. The fourth-order valence-corrected chi connectivity index (χ4v) is 1.23. The molecule has 5 nitrogen and oxygen atoms in total. The van der Waals surface area contributed by atoms with Crippen molar-refractivity contribution in [3.05, 3.63) is 0 Å². The number of esters is 1. The van der Waals surface area contributed by atoms with Gasteiger partial charge in [-0.2, -0.15) is 0 Å². The molecule has 0 unspecified atom stereocenters. The van der Waals surface area contributed by atoms with Crippen molar-refractivity contribution in [2.45, 2.75) is 58.8 Å². The van der Waals surface area contributed by atoms with Crippen LogP contribution in [-0.4, -0.2) is 40.8 Å². The highest BCUT2D eigenvalue weighted by molar-refractivity contribution is 5.87. The summed E-state index contributed by atoms with van der Waals surface area (Å²) in [6, 6.07) is -0.482. The van der Waals surface area contributed by atoms with Gasteiger partial charge < -0.3 is 9.47 Å². The maximum absolute atomic E-state index is 11.6. The molecular weight excluding hydrogens is 222 g/mol. The van der Waals surface area contributed by atoms with E-state index >= 15 is 0 Å². The molecule has 1 heterocycles. The number of hydrogen-bond donors (Lipinski definition) is 0. The Morgan fingerprint density at radius 3 is 1.88 bits per heavy atom. The molecule has 0 bridgehead atoms. The van der Waals surface area contributed by atoms with Crippen LogP contribution in [0.15, 0.2) is 0 Å². The van der Waals surface area contributed by atoms with Crippen LogP contribution < -0.4 is 0 Å². The first-order valence-electron chi connectivity index (χ1n) is 5.72. The van der Waals surface area contributed by atoms with Gasteiger partial charge in [-0.25, -0.2) is 9.59 Å². The molecule has 1 atom stereocenters. The van der Waals surface area contributed by atoms with Crippen molar-refractivity contribution in [1.82, 2.24) is 4.90 Å². The van der Waals surface area contributed by atoms with Crippen molar-refractivity contribution >= 4 is 12.1 Å². The summed E-state index contributed by atoms with van der Waals surface area (Å²) in [5, 5.41) is 0. The van der Waals surface area contributed by atoms with Crippen molar-refractivity contribution in [3.63, 3.8) is 0 Å². The monoisotopic (exact) mass is 243 g/mol. The van der Waals surface area contributed by atoms with Gasteiger partial charge in [-0.1, -0.05) is 0 Å². The van der Waals surface area contributed by atoms with Gasteiger partial charge in [0.1, 0.15) is 11.2 Å². The number of hydrogen-bond acceptors (Lipinski definition) is 4. The van der Waals surface area contributed by atoms with Gasteiger partial charge in [-0.15, -0.1) is 0 Å². The second kappa shape index (κ2) is 4.20. The first-order valence-corrected chi connectivity index (χ1v) is 5.72. The summed E-state index contributed by atoms with van der Waals surface area (Å²) in [6.45, 7) is 11.1. The molecule has 1 fully saturated rings. The van der Waals surface area contributed by atoms with Crippen LogP contribution in [0.5, 0.6) is 0 Å². The number of carbonyl (C=O) groups excluding carboxylic acids is 2. The van der Waals surface area contributed by atoms with E-state index in [2.05, 4.69) is 0 Å². The lowest BCUT2D eigenvalue weighted by molar-refractivity contribution is -0.155. The van der Waals surface area contributed by atoms with E-state index in [0.29, 0.717) is 6.54 Å². The van der Waals surface area contributed by atoms with Gasteiger partial charge >= 0.3 is 12.1 Å². The molecule has 0 radical (unpaired) electrons. The van der Waals surface area contributed by atoms with Crippen molar-refractivity contribution in [3.8, 4) is 0 Å². The van der Waals surface area contributed by atoms with Crippen LogP contribution in [0.1, 0.15) is 41.5 Å². The molecule has 1 rings (SSSR count). The fourth-order valence-electron chi connectivity index (χ4n) is 1.23. The third kappa shape index (κ3) is 4.63. The highest BCUT2D eigenvalue weighted by atomic mass is 16.6. The number of nitrogens with zero attached hydrogens (tertiary/aromatic N) is 1. The fraction of sp³-hybridized carbons (Fsp3) is 0.833. The molecule has 0 aliphatic carbocycles. The Morgan fingerprint density at radius 1 is 1.00 bits per heavy atom. The van der Waals surface area contributed by atoms with E-state index < -0.39 is 23.3 Å². The minimum absolute atomic E-state index is 0.372. The molecule has 0 saturated carbocycles. The molecule has 1 aliphatic heterocycles. The van der Waals surface area contributed by atoms with E-state index in [-0.39, 0.29) is 5.97 Å². The summed E-state index contributed by atoms with van der Waals surface area (Å²) in [5.41, 5.74) is -1.07. The number of rotatable bonds is 1. The second-order valence-corrected chi connectivity index (χ2v) is 6.18. The van der Waals surface area contributed by atoms with Gasteiger partial charge in [0, 0.05) is 0 Å². The number of amides is 1. The summed E-state index contributed by atoms with van der Waals surface area (Å²) in [5.74, 6) is -0.372. The maximum Gasteiger partial charge on any atom is 0.411 e. The van der Waals surface area contributed by atoms with Gasteiger partial charge in [0.05, 0.1) is 6.54 Å². The van der Waals surface area contributed by atoms with Crippen LogP contribution in [0.25, 0.3) is 0 Å². The summed E-state index contributed by atoms with van der Waals surface area (Å²) >= 11 is 0. The Bertz CT molecular complexity index is 292. The van der Waals surface area contributed by atoms with E-state index in [9.17, 15) is 9.59 Å². The van der Waals surface area contributed by atoms with Crippen LogP contribution >= 0.6 is 0 Å². The summed E-state index contributed by atoms with van der Waals surface area (Å²) in [6.07, 6.45) is -0.464. The molecule has 0 N–H and O–H groups in total. The summed E-state index contributed by atoms with van der Waals surface area (Å²) < 4.78 is 10.3. The molecule has 5 heteroatoms. The molecule has 0 aromatic heterocycles. The average molecular weight is 243 g/mol. The minimum Gasteiger partial charge on any atom is -0.458 e. The molecule has 98 valence electrons. The molecule has 0 aromatic carbocycles. The van der Waals surface area contributed by atoms with E-state index in [1.165, 1.54) is 4.90 Å². The number of carbonyl (C=O) groups is 2. The average Bonchev–Trinajstić information content (AvgIpc) is 2.74. The zero-order chi connectivity index (χ0) is 13.4. The Labute approximate surface area is 102 Å². The highest BCUT2D eigenvalue weighted by Crippen LogP contribution is 2.24. The predicted molar refractivity (Wildman–Crippen MR) is 62.6 cm³/mol. The first kappa shape index (κ1) is 13.8. The Morgan fingerprint density at radius 2 is 1.47 bits per heavy atom. The van der Waals surface area contributed by atoms with E-state index in [1.807, 2.05) is 0 Å². The Hall–Kier alpha value is -1.26. The maximum atomic E-state index is 11.6. The lowest BCUT2D eigenvalue weighted by Crippen LogP contribution is -2.32. The molecule has 0 spiro atoms. The predicted octanol–water partition coefficient (Wildman–Crippen LogP) is 1.95. The standard InChI is InChI=1S/C12H21NO4/c1-11(2,3)16-9(14)8-7-13(8)10(15)17-12(4,5)6/h8H,7H2,1-6H3/t8-,13?/m1/s1. The smallest absolute Gasteiger partial charge is 0.411 e. The quantitative estimate of drug-likeness (QED) is 0.521. The van der Waals surface area contributed by atoms with Gasteiger partial charge in [0.25, 0.3) is 0 Å². The van der Waals surface area contributed by atoms with Crippen LogP contribution in [0, 0.1) is 0 Å². The van der Waals surface area contributed by atoms with E-state index in [4.69, 9.17) is 9.47 Å². The van der Waals surface area contributed by atoms with Crippen molar-refractivity contribution < 1.29 is 19.1 Å². The van der Waals surface area contributed by atoms with Gasteiger partial charge in [-0.05, 0) is 41.5 Å². The summed E-state index contributed by atoms with van der Waals surface area (Å²) in [4.78, 5) is 24.6. The van der Waals surface area contributed by atoms with Gasteiger partial charge in [-0.3, -0.25) is 4.90 Å². The van der Waals surface area contributed by atoms with Gasteiger partial charge in [0.15, 0.2) is 6.04 Å². The molecule has 1 aliphatic rings. The van der Waals surface area contributed by atoms with E-state index in [1.54, 1.807) is 41.5 Å². The second-order valence-electron chi connectivity index (χ2n) is 6.18. The first-order chi connectivity index (χ1) is 7.49. The normalized spacial score (nSPS) is 19.9. The van der Waals surface area contributed by atoms with Crippen molar-refractivity contribution in [2.24, 2.45) is 0 Å². The Balaban J connectivity index is 2.44. The topological polar surface area (TPSA) is 55.6 Å². The molecule has 1 amide bonds. The Kier molecular flexibility index (Phi) is 3.41. The van der Waals surface area contributed by atoms with E-state index in [0.717, 1.165) is 0 Å². The van der Waals surface area contributed by atoms with Crippen molar-refractivity contribution in [2.75, 3.05) is 6.54 Å². The molecular formula is C12H21NO4. The lowest BCUT2D eigenvalue weighted by atomic mass is 10.2. The number of ether oxygens (including phenoxy) is 2. The third-order valence-corrected chi connectivity index (χ3v) is 1.92. The largest absolute Gasteiger partial charge is 0.458 e. The van der Waals surface area contributed by atoms with Gasteiger partial charge in [0.2, 0.25) is 0 Å². The minimum atomic E-state index is -0.543. The van der Waals surface area contributed by atoms with Crippen molar-refractivity contribution in [1.29, 1.82) is 0 Å².